The lowest BCUT2D eigenvalue weighted by Crippen LogP contribution is -2.03. The van der Waals surface area contributed by atoms with E-state index in [4.69, 9.17) is 4.74 Å². The first-order valence-electron chi connectivity index (χ1n) is 15.4. The molecule has 0 saturated carbocycles. The fourth-order valence-electron chi connectivity index (χ4n) is 6.84. The molecular weight excluding hydrogens is 560 g/mol. The molecule has 0 radical (unpaired) electrons. The Kier molecular flexibility index (Phi) is 5.88. The van der Waals surface area contributed by atoms with Gasteiger partial charge in [0.1, 0.15) is 0 Å². The summed E-state index contributed by atoms with van der Waals surface area (Å²) < 4.78 is 8.63. The molecule has 1 aliphatic heterocycles. The van der Waals surface area contributed by atoms with E-state index < -0.39 is 0 Å². The molecule has 2 heterocycles. The Balaban J connectivity index is 1.11. The zero-order valence-corrected chi connectivity index (χ0v) is 24.8. The van der Waals surface area contributed by atoms with Crippen molar-refractivity contribution in [2.75, 3.05) is 0 Å². The summed E-state index contributed by atoms with van der Waals surface area (Å²) in [4.78, 5) is 0. The number of fused-ring (bicyclic) bond motifs is 5. The summed E-state index contributed by atoms with van der Waals surface area (Å²) >= 11 is 0. The van der Waals surface area contributed by atoms with Crippen LogP contribution < -0.4 is 4.74 Å². The highest BCUT2D eigenvalue weighted by Gasteiger charge is 2.23. The Labute approximate surface area is 266 Å². The maximum atomic E-state index is 10.1. The summed E-state index contributed by atoms with van der Waals surface area (Å²) in [6.45, 7) is 0. The van der Waals surface area contributed by atoms with Crippen LogP contribution in [0.1, 0.15) is 5.56 Å². The van der Waals surface area contributed by atoms with Crippen LogP contribution in [0.2, 0.25) is 0 Å². The highest BCUT2D eigenvalue weighted by molar-refractivity contribution is 6.13. The number of benzene rings is 7. The van der Waals surface area contributed by atoms with Crippen LogP contribution in [0, 0.1) is 11.3 Å². The summed E-state index contributed by atoms with van der Waals surface area (Å²) in [5, 5.41) is 12.4. The van der Waals surface area contributed by atoms with Gasteiger partial charge in [-0.2, -0.15) is 5.26 Å². The minimum Gasteiger partial charge on any atom is -0.453 e. The van der Waals surface area contributed by atoms with Crippen molar-refractivity contribution in [1.29, 1.82) is 5.26 Å². The van der Waals surface area contributed by atoms with Gasteiger partial charge in [-0.3, -0.25) is 0 Å². The molecule has 46 heavy (non-hydrogen) atoms. The standard InChI is InChI=1S/C43H26N2O/c44-27-35-25-32(28-9-2-1-3-10-28)19-21-36(35)34-14-7-13-31(24-34)29-11-6-12-30(23-29)33-20-22-39-38(26-33)37-15-8-18-42-43(37)45(39)40-16-4-5-17-41(40)46-42/h1-26H. The highest BCUT2D eigenvalue weighted by Crippen LogP contribution is 2.46. The second-order valence-corrected chi connectivity index (χ2v) is 11.7. The Morgan fingerprint density at radius 3 is 1.87 bits per heavy atom. The molecule has 0 aliphatic carbocycles. The van der Waals surface area contributed by atoms with Crippen molar-refractivity contribution in [3.8, 4) is 67.8 Å². The normalized spacial score (nSPS) is 11.6. The van der Waals surface area contributed by atoms with Crippen molar-refractivity contribution >= 4 is 21.8 Å². The SMILES string of the molecule is N#Cc1cc(-c2ccccc2)ccc1-c1cccc(-c2cccc(-c3ccc4c(c3)c3cccc5c3n4-c3ccccc3O5)c2)c1. The molecule has 0 spiro atoms. The smallest absolute Gasteiger partial charge is 0.152 e. The van der Waals surface area contributed by atoms with Gasteiger partial charge in [-0.25, -0.2) is 0 Å². The van der Waals surface area contributed by atoms with Crippen molar-refractivity contribution in [1.82, 2.24) is 4.57 Å². The fourth-order valence-corrected chi connectivity index (χ4v) is 6.84. The van der Waals surface area contributed by atoms with Crippen LogP contribution in [0.5, 0.6) is 11.5 Å². The molecule has 1 aliphatic rings. The summed E-state index contributed by atoms with van der Waals surface area (Å²) in [7, 11) is 0. The minimum absolute atomic E-state index is 0.667. The Hall–Kier alpha value is -6.37. The number of hydrogen-bond acceptors (Lipinski definition) is 2. The molecule has 8 aromatic rings. The van der Waals surface area contributed by atoms with Crippen LogP contribution in [0.15, 0.2) is 158 Å². The van der Waals surface area contributed by atoms with E-state index in [9.17, 15) is 5.26 Å². The lowest BCUT2D eigenvalue weighted by atomic mass is 9.92. The molecule has 214 valence electrons. The van der Waals surface area contributed by atoms with E-state index in [1.165, 1.54) is 10.8 Å². The number of para-hydroxylation sites is 3. The second kappa shape index (κ2) is 10.4. The lowest BCUT2D eigenvalue weighted by molar-refractivity contribution is 0.476. The monoisotopic (exact) mass is 586 g/mol. The zero-order chi connectivity index (χ0) is 30.6. The number of ether oxygens (including phenoxy) is 1. The van der Waals surface area contributed by atoms with Gasteiger partial charge in [0.2, 0.25) is 0 Å². The average Bonchev–Trinajstić information content (AvgIpc) is 3.47. The quantitative estimate of drug-likeness (QED) is 0.206. The lowest BCUT2D eigenvalue weighted by Gasteiger charge is -2.20. The first kappa shape index (κ1) is 26.1. The van der Waals surface area contributed by atoms with Crippen LogP contribution in [0.3, 0.4) is 0 Å². The molecule has 0 bridgehead atoms. The molecule has 3 heteroatoms. The van der Waals surface area contributed by atoms with Gasteiger partial charge in [0.25, 0.3) is 0 Å². The van der Waals surface area contributed by atoms with Crippen LogP contribution in [-0.2, 0) is 0 Å². The van der Waals surface area contributed by atoms with Gasteiger partial charge in [0.15, 0.2) is 11.5 Å². The van der Waals surface area contributed by atoms with Gasteiger partial charge in [-0.1, -0.05) is 109 Å². The first-order chi connectivity index (χ1) is 22.7. The Bertz CT molecular complexity index is 2520. The van der Waals surface area contributed by atoms with Crippen molar-refractivity contribution in [3.05, 3.63) is 163 Å². The number of rotatable bonds is 4. The Morgan fingerprint density at radius 1 is 0.457 bits per heavy atom. The first-order valence-corrected chi connectivity index (χ1v) is 15.4. The van der Waals surface area contributed by atoms with Gasteiger partial charge < -0.3 is 9.30 Å². The van der Waals surface area contributed by atoms with Gasteiger partial charge in [-0.15, -0.1) is 0 Å². The van der Waals surface area contributed by atoms with E-state index in [1.54, 1.807) is 0 Å². The minimum atomic E-state index is 0.667. The predicted octanol–water partition coefficient (Wildman–Crippen LogP) is 11.4. The molecule has 9 rings (SSSR count). The maximum Gasteiger partial charge on any atom is 0.152 e. The van der Waals surface area contributed by atoms with E-state index in [0.717, 1.165) is 72.7 Å². The van der Waals surface area contributed by atoms with Gasteiger partial charge in [0.05, 0.1) is 28.4 Å². The average molecular weight is 587 g/mol. The van der Waals surface area contributed by atoms with E-state index in [1.807, 2.05) is 42.5 Å². The largest absolute Gasteiger partial charge is 0.453 e. The zero-order valence-electron chi connectivity index (χ0n) is 24.8. The van der Waals surface area contributed by atoms with Gasteiger partial charge >= 0.3 is 0 Å². The van der Waals surface area contributed by atoms with Crippen LogP contribution in [0.25, 0.3) is 72.0 Å². The third-order valence-corrected chi connectivity index (χ3v) is 9.03. The molecule has 1 aromatic heterocycles. The van der Waals surface area contributed by atoms with Crippen LogP contribution in [-0.4, -0.2) is 4.57 Å². The number of hydrogen-bond donors (Lipinski definition) is 0. The summed E-state index contributed by atoms with van der Waals surface area (Å²) in [5.41, 5.74) is 12.6. The molecule has 3 nitrogen and oxygen atoms in total. The van der Waals surface area contributed by atoms with Crippen molar-refractivity contribution in [3.63, 3.8) is 0 Å². The molecule has 0 unspecified atom stereocenters. The molecule has 0 saturated heterocycles. The van der Waals surface area contributed by atoms with Crippen molar-refractivity contribution in [2.24, 2.45) is 0 Å². The van der Waals surface area contributed by atoms with Crippen LogP contribution in [0.4, 0.5) is 0 Å². The van der Waals surface area contributed by atoms with Crippen LogP contribution >= 0.6 is 0 Å². The van der Waals surface area contributed by atoms with E-state index in [0.29, 0.717) is 5.56 Å². The summed E-state index contributed by atoms with van der Waals surface area (Å²) in [6.07, 6.45) is 0. The van der Waals surface area contributed by atoms with E-state index in [2.05, 4.69) is 126 Å². The second-order valence-electron chi connectivity index (χ2n) is 11.7. The van der Waals surface area contributed by atoms with Gasteiger partial charge in [0, 0.05) is 10.8 Å². The molecule has 7 aromatic carbocycles. The third kappa shape index (κ3) is 4.13. The molecular formula is C43H26N2O. The van der Waals surface area contributed by atoms with Gasteiger partial charge in [-0.05, 0) is 93.0 Å². The molecule has 0 fully saturated rings. The summed E-state index contributed by atoms with van der Waals surface area (Å²) in [6, 6.07) is 57.2. The van der Waals surface area contributed by atoms with Crippen molar-refractivity contribution in [2.45, 2.75) is 0 Å². The third-order valence-electron chi connectivity index (χ3n) is 9.03. The number of nitriles is 1. The summed E-state index contributed by atoms with van der Waals surface area (Å²) in [5.74, 6) is 1.75. The topological polar surface area (TPSA) is 38.0 Å². The fraction of sp³-hybridized carbons (Fsp3) is 0. The van der Waals surface area contributed by atoms with Crippen molar-refractivity contribution < 1.29 is 4.74 Å². The van der Waals surface area contributed by atoms with E-state index in [-0.39, 0.29) is 0 Å². The predicted molar refractivity (Wildman–Crippen MR) is 187 cm³/mol. The maximum absolute atomic E-state index is 10.1. The number of nitrogens with zero attached hydrogens (tertiary/aromatic N) is 2. The molecule has 0 atom stereocenters. The number of aromatic nitrogens is 1. The van der Waals surface area contributed by atoms with E-state index >= 15 is 0 Å². The Morgan fingerprint density at radius 2 is 1.07 bits per heavy atom. The highest BCUT2D eigenvalue weighted by atomic mass is 16.5. The molecule has 0 amide bonds. The molecule has 0 N–H and O–H groups in total.